The number of hydrogen-bond acceptors (Lipinski definition) is 3. The van der Waals surface area contributed by atoms with Crippen LogP contribution in [0.15, 0.2) is 66.7 Å². The van der Waals surface area contributed by atoms with Gasteiger partial charge in [0, 0.05) is 17.9 Å². The molecule has 2 aromatic heterocycles. The molecule has 29 heavy (non-hydrogen) atoms. The highest BCUT2D eigenvalue weighted by Crippen LogP contribution is 2.27. The molecule has 2 aromatic carbocycles. The molecule has 5 nitrogen and oxygen atoms in total. The van der Waals surface area contributed by atoms with Crippen molar-refractivity contribution in [3.63, 3.8) is 0 Å². The Bertz CT molecular complexity index is 1150. The van der Waals surface area contributed by atoms with Gasteiger partial charge in [-0.2, -0.15) is 5.10 Å². The number of carbonyl (C=O) groups is 1. The molecule has 0 aliphatic carbocycles. The molecule has 0 radical (unpaired) electrons. The smallest absolute Gasteiger partial charge is 0.259 e. The summed E-state index contributed by atoms with van der Waals surface area (Å²) in [7, 11) is 0. The largest absolute Gasteiger partial charge is 0.304 e. The van der Waals surface area contributed by atoms with Crippen LogP contribution < -0.4 is 4.90 Å². The fraction of sp³-hybridized carbons (Fsp3) is 0.208. The van der Waals surface area contributed by atoms with E-state index in [0.717, 1.165) is 33.7 Å². The molecule has 0 unspecified atom stereocenters. The second-order valence-corrected chi connectivity index (χ2v) is 7.12. The van der Waals surface area contributed by atoms with Crippen molar-refractivity contribution in [3.8, 4) is 0 Å². The van der Waals surface area contributed by atoms with Crippen molar-refractivity contribution in [1.29, 1.82) is 0 Å². The van der Waals surface area contributed by atoms with Crippen molar-refractivity contribution in [3.05, 3.63) is 89.2 Å². The number of aromatic nitrogens is 3. The molecule has 0 saturated heterocycles. The Hall–Kier alpha value is -3.47. The van der Waals surface area contributed by atoms with Crippen LogP contribution >= 0.6 is 0 Å². The summed E-state index contributed by atoms with van der Waals surface area (Å²) in [5.41, 5.74) is 4.98. The molecule has 4 aromatic rings. The highest BCUT2D eigenvalue weighted by molar-refractivity contribution is 6.13. The average molecular weight is 384 g/mol. The zero-order chi connectivity index (χ0) is 20.4. The first-order chi connectivity index (χ1) is 14.1. The first-order valence-electron chi connectivity index (χ1n) is 9.84. The standard InChI is InChI=1S/C24H24N4O/c1-4-28-23-22(18(3)26-28)21(15-17(2)25-23)24(29)27(20-13-9-6-10-14-20)16-19-11-7-5-8-12-19/h5-15H,4,16H2,1-3H3. The van der Waals surface area contributed by atoms with Gasteiger partial charge in [0.25, 0.3) is 5.91 Å². The highest BCUT2D eigenvalue weighted by atomic mass is 16.2. The Morgan fingerprint density at radius 3 is 2.31 bits per heavy atom. The Morgan fingerprint density at radius 1 is 1.00 bits per heavy atom. The summed E-state index contributed by atoms with van der Waals surface area (Å²) in [6.45, 7) is 7.09. The Labute approximate surface area is 170 Å². The van der Waals surface area contributed by atoms with Gasteiger partial charge in [-0.05, 0) is 44.5 Å². The minimum absolute atomic E-state index is 0.0469. The van der Waals surface area contributed by atoms with Gasteiger partial charge in [0.15, 0.2) is 5.65 Å². The number of pyridine rings is 1. The van der Waals surface area contributed by atoms with E-state index in [2.05, 4.69) is 10.1 Å². The van der Waals surface area contributed by atoms with Gasteiger partial charge in [0.05, 0.1) is 23.2 Å². The van der Waals surface area contributed by atoms with E-state index in [1.54, 1.807) is 0 Å². The lowest BCUT2D eigenvalue weighted by molar-refractivity contribution is 0.0986. The highest BCUT2D eigenvalue weighted by Gasteiger charge is 2.24. The Morgan fingerprint density at radius 2 is 1.66 bits per heavy atom. The summed E-state index contributed by atoms with van der Waals surface area (Å²) in [6.07, 6.45) is 0. The molecule has 0 fully saturated rings. The van der Waals surface area contributed by atoms with Crippen molar-refractivity contribution in [2.75, 3.05) is 4.90 Å². The predicted molar refractivity (Wildman–Crippen MR) is 116 cm³/mol. The first-order valence-corrected chi connectivity index (χ1v) is 9.84. The van der Waals surface area contributed by atoms with Crippen LogP contribution in [0.2, 0.25) is 0 Å². The molecule has 1 amide bonds. The molecular formula is C24H24N4O. The van der Waals surface area contributed by atoms with Crippen LogP contribution in [-0.2, 0) is 13.1 Å². The zero-order valence-corrected chi connectivity index (χ0v) is 17.0. The number of amides is 1. The lowest BCUT2D eigenvalue weighted by Crippen LogP contribution is -2.30. The van der Waals surface area contributed by atoms with Crippen molar-refractivity contribution < 1.29 is 4.79 Å². The maximum atomic E-state index is 13.8. The van der Waals surface area contributed by atoms with E-state index in [4.69, 9.17) is 0 Å². The van der Waals surface area contributed by atoms with Crippen molar-refractivity contribution in [2.45, 2.75) is 33.9 Å². The third-order valence-electron chi connectivity index (χ3n) is 5.03. The molecule has 0 atom stereocenters. The summed E-state index contributed by atoms with van der Waals surface area (Å²) in [6, 6.07) is 21.7. The van der Waals surface area contributed by atoms with E-state index >= 15 is 0 Å². The monoisotopic (exact) mass is 384 g/mol. The van der Waals surface area contributed by atoms with Crippen molar-refractivity contribution >= 4 is 22.6 Å². The van der Waals surface area contributed by atoms with Gasteiger partial charge in [0.1, 0.15) is 0 Å². The van der Waals surface area contributed by atoms with Crippen LogP contribution in [0.1, 0.15) is 34.2 Å². The predicted octanol–water partition coefficient (Wildman–Crippen LogP) is 4.92. The number of carbonyl (C=O) groups excluding carboxylic acids is 1. The molecule has 0 spiro atoms. The van der Waals surface area contributed by atoms with E-state index in [1.165, 1.54) is 0 Å². The number of para-hydroxylation sites is 1. The van der Waals surface area contributed by atoms with Crippen LogP contribution in [0, 0.1) is 13.8 Å². The summed E-state index contributed by atoms with van der Waals surface area (Å²) in [5.74, 6) is -0.0469. The molecule has 0 saturated carbocycles. The molecule has 2 heterocycles. The lowest BCUT2D eigenvalue weighted by atomic mass is 10.1. The third kappa shape index (κ3) is 3.63. The SMILES string of the molecule is CCn1nc(C)c2c(C(=O)N(Cc3ccccc3)c3ccccc3)cc(C)nc21. The average Bonchev–Trinajstić information content (AvgIpc) is 3.07. The molecule has 0 N–H and O–H groups in total. The molecular weight excluding hydrogens is 360 g/mol. The maximum absolute atomic E-state index is 13.8. The number of nitrogens with zero attached hydrogens (tertiary/aromatic N) is 4. The van der Waals surface area contributed by atoms with E-state index in [9.17, 15) is 4.79 Å². The third-order valence-corrected chi connectivity index (χ3v) is 5.03. The number of hydrogen-bond donors (Lipinski definition) is 0. The number of rotatable bonds is 5. The van der Waals surface area contributed by atoms with Gasteiger partial charge in [-0.3, -0.25) is 4.79 Å². The second kappa shape index (κ2) is 7.87. The van der Waals surface area contributed by atoms with Crippen LogP contribution in [0.25, 0.3) is 11.0 Å². The topological polar surface area (TPSA) is 51.0 Å². The van der Waals surface area contributed by atoms with Gasteiger partial charge < -0.3 is 4.90 Å². The minimum Gasteiger partial charge on any atom is -0.304 e. The van der Waals surface area contributed by atoms with E-state index in [0.29, 0.717) is 18.7 Å². The van der Waals surface area contributed by atoms with Gasteiger partial charge in [0.2, 0.25) is 0 Å². The van der Waals surface area contributed by atoms with Crippen LogP contribution in [-0.4, -0.2) is 20.7 Å². The van der Waals surface area contributed by atoms with Gasteiger partial charge in [-0.15, -0.1) is 0 Å². The van der Waals surface area contributed by atoms with E-state index in [1.807, 2.05) is 97.1 Å². The fourth-order valence-corrected chi connectivity index (χ4v) is 3.67. The Kier molecular flexibility index (Phi) is 5.12. The number of aryl methyl sites for hydroxylation is 3. The van der Waals surface area contributed by atoms with E-state index in [-0.39, 0.29) is 5.91 Å². The molecule has 5 heteroatoms. The maximum Gasteiger partial charge on any atom is 0.259 e. The normalized spacial score (nSPS) is 11.0. The van der Waals surface area contributed by atoms with Crippen LogP contribution in [0.3, 0.4) is 0 Å². The van der Waals surface area contributed by atoms with Crippen LogP contribution in [0.4, 0.5) is 5.69 Å². The molecule has 0 aliphatic heterocycles. The minimum atomic E-state index is -0.0469. The van der Waals surface area contributed by atoms with Gasteiger partial charge in [-0.25, -0.2) is 9.67 Å². The summed E-state index contributed by atoms with van der Waals surface area (Å²) in [5, 5.41) is 5.42. The lowest BCUT2D eigenvalue weighted by Gasteiger charge is -2.24. The molecule has 146 valence electrons. The first kappa shape index (κ1) is 18.9. The fourth-order valence-electron chi connectivity index (χ4n) is 3.67. The van der Waals surface area contributed by atoms with Gasteiger partial charge >= 0.3 is 0 Å². The zero-order valence-electron chi connectivity index (χ0n) is 17.0. The van der Waals surface area contributed by atoms with Gasteiger partial charge in [-0.1, -0.05) is 48.5 Å². The quantitative estimate of drug-likeness (QED) is 0.491. The number of anilines is 1. The summed E-state index contributed by atoms with van der Waals surface area (Å²) >= 11 is 0. The summed E-state index contributed by atoms with van der Waals surface area (Å²) < 4.78 is 1.86. The van der Waals surface area contributed by atoms with E-state index < -0.39 is 0 Å². The van der Waals surface area contributed by atoms with Crippen molar-refractivity contribution in [2.24, 2.45) is 0 Å². The molecule has 0 bridgehead atoms. The molecule has 4 rings (SSSR count). The number of fused-ring (bicyclic) bond motifs is 1. The van der Waals surface area contributed by atoms with Crippen LogP contribution in [0.5, 0.6) is 0 Å². The molecule has 0 aliphatic rings. The Balaban J connectivity index is 1.86. The second-order valence-electron chi connectivity index (χ2n) is 7.12. The van der Waals surface area contributed by atoms with Crippen molar-refractivity contribution in [1.82, 2.24) is 14.8 Å². The summed E-state index contributed by atoms with van der Waals surface area (Å²) in [4.78, 5) is 20.3. The number of benzene rings is 2.